The smallest absolute Gasteiger partial charge is 0.221 e. The number of nitrogens with zero attached hydrogens (tertiary/aromatic N) is 1. The molecule has 1 amide bonds. The number of sulfonamides is 1. The van der Waals surface area contributed by atoms with Crippen molar-refractivity contribution in [2.24, 2.45) is 0 Å². The van der Waals surface area contributed by atoms with E-state index < -0.39 is 10.0 Å². The number of aromatic nitrogens is 1. The number of thiazole rings is 1. The minimum atomic E-state index is -3.23. The Morgan fingerprint density at radius 2 is 2.10 bits per heavy atom. The Kier molecular flexibility index (Phi) is 6.57. The van der Waals surface area contributed by atoms with Crippen molar-refractivity contribution in [3.8, 4) is 0 Å². The number of carbonyl (C=O) groups excluding carboxylic acids is 1. The lowest BCUT2D eigenvalue weighted by Gasteiger charge is -2.04. The van der Waals surface area contributed by atoms with Crippen molar-refractivity contribution in [2.75, 3.05) is 19.3 Å². The summed E-state index contributed by atoms with van der Waals surface area (Å²) in [7, 11) is -3.23. The van der Waals surface area contributed by atoms with Gasteiger partial charge in [-0.15, -0.1) is 11.3 Å². The van der Waals surface area contributed by atoms with Crippen LogP contribution in [0.3, 0.4) is 0 Å². The molecule has 0 bridgehead atoms. The van der Waals surface area contributed by atoms with Gasteiger partial charge in [-0.3, -0.25) is 4.79 Å². The van der Waals surface area contributed by atoms with E-state index in [1.54, 1.807) is 11.3 Å². The topological polar surface area (TPSA) is 88.2 Å². The summed E-state index contributed by atoms with van der Waals surface area (Å²) in [4.78, 5) is 15.9. The summed E-state index contributed by atoms with van der Waals surface area (Å²) in [6, 6.07) is 0. The standard InChI is InChI=1S/C12H21N3O3S2/c1-9(2)12-15-10(8-19-12)4-6-13-11(16)5-7-14-20(3,17)18/h8-9,14H,4-7H2,1-3H3,(H,13,16). The summed E-state index contributed by atoms with van der Waals surface area (Å²) in [5.74, 6) is 0.255. The molecule has 20 heavy (non-hydrogen) atoms. The molecule has 8 heteroatoms. The summed E-state index contributed by atoms with van der Waals surface area (Å²) in [5, 5.41) is 5.85. The lowest BCUT2D eigenvalue weighted by atomic mass is 10.2. The quantitative estimate of drug-likeness (QED) is 0.744. The molecule has 2 N–H and O–H groups in total. The number of rotatable bonds is 8. The average molecular weight is 319 g/mol. The highest BCUT2D eigenvalue weighted by Gasteiger charge is 2.07. The molecule has 0 unspecified atom stereocenters. The minimum Gasteiger partial charge on any atom is -0.356 e. The molecule has 6 nitrogen and oxygen atoms in total. The molecular formula is C12H21N3O3S2. The van der Waals surface area contributed by atoms with E-state index in [4.69, 9.17) is 0 Å². The first-order chi connectivity index (χ1) is 9.28. The van der Waals surface area contributed by atoms with Crippen LogP contribution < -0.4 is 10.0 Å². The molecular weight excluding hydrogens is 298 g/mol. The first kappa shape index (κ1) is 17.1. The fraction of sp³-hybridized carbons (Fsp3) is 0.667. The van der Waals surface area contributed by atoms with E-state index in [-0.39, 0.29) is 18.9 Å². The first-order valence-corrected chi connectivity index (χ1v) is 9.20. The Morgan fingerprint density at radius 3 is 2.65 bits per heavy atom. The van der Waals surface area contributed by atoms with Gasteiger partial charge in [0.05, 0.1) is 17.0 Å². The molecule has 0 aromatic carbocycles. The maximum absolute atomic E-state index is 11.5. The van der Waals surface area contributed by atoms with Crippen LogP contribution in [-0.2, 0) is 21.2 Å². The molecule has 0 aliphatic heterocycles. The molecule has 0 aliphatic carbocycles. The molecule has 1 aromatic rings. The van der Waals surface area contributed by atoms with E-state index in [1.165, 1.54) is 0 Å². The second-order valence-electron chi connectivity index (χ2n) is 4.85. The van der Waals surface area contributed by atoms with E-state index in [2.05, 4.69) is 28.9 Å². The lowest BCUT2D eigenvalue weighted by molar-refractivity contribution is -0.120. The van der Waals surface area contributed by atoms with Gasteiger partial charge in [-0.25, -0.2) is 18.1 Å². The van der Waals surface area contributed by atoms with Crippen LogP contribution >= 0.6 is 11.3 Å². The second kappa shape index (κ2) is 7.70. The van der Waals surface area contributed by atoms with E-state index in [0.29, 0.717) is 18.9 Å². The van der Waals surface area contributed by atoms with Gasteiger partial charge in [0.15, 0.2) is 0 Å². The molecule has 0 fully saturated rings. The van der Waals surface area contributed by atoms with Gasteiger partial charge in [-0.2, -0.15) is 0 Å². The predicted molar refractivity (Wildman–Crippen MR) is 80.4 cm³/mol. The zero-order chi connectivity index (χ0) is 15.2. The van der Waals surface area contributed by atoms with Crippen LogP contribution in [0.1, 0.15) is 36.9 Å². The molecule has 1 aromatic heterocycles. The minimum absolute atomic E-state index is 0.124. The molecule has 0 saturated heterocycles. The molecule has 0 atom stereocenters. The average Bonchev–Trinajstić information content (AvgIpc) is 2.76. The monoisotopic (exact) mass is 319 g/mol. The molecule has 1 heterocycles. The lowest BCUT2D eigenvalue weighted by Crippen LogP contribution is -2.31. The Bertz CT molecular complexity index is 538. The van der Waals surface area contributed by atoms with Crippen molar-refractivity contribution in [2.45, 2.75) is 32.6 Å². The van der Waals surface area contributed by atoms with Crippen molar-refractivity contribution in [1.82, 2.24) is 15.0 Å². The van der Waals surface area contributed by atoms with Crippen LogP contribution in [0.2, 0.25) is 0 Å². The summed E-state index contributed by atoms with van der Waals surface area (Å²) < 4.78 is 23.9. The van der Waals surface area contributed by atoms with Crippen molar-refractivity contribution >= 4 is 27.3 Å². The van der Waals surface area contributed by atoms with Gasteiger partial charge in [-0.1, -0.05) is 13.8 Å². The molecule has 0 aliphatic rings. The summed E-state index contributed by atoms with van der Waals surface area (Å²) >= 11 is 1.63. The highest BCUT2D eigenvalue weighted by atomic mass is 32.2. The Hall–Kier alpha value is -0.990. The number of nitrogens with one attached hydrogen (secondary N) is 2. The molecule has 114 valence electrons. The highest BCUT2D eigenvalue weighted by molar-refractivity contribution is 7.88. The number of hydrogen-bond donors (Lipinski definition) is 2. The zero-order valence-electron chi connectivity index (χ0n) is 12.0. The van der Waals surface area contributed by atoms with Crippen LogP contribution in [0.15, 0.2) is 5.38 Å². The van der Waals surface area contributed by atoms with Crippen molar-refractivity contribution in [3.63, 3.8) is 0 Å². The third kappa shape index (κ3) is 6.97. The van der Waals surface area contributed by atoms with E-state index >= 15 is 0 Å². The van der Waals surface area contributed by atoms with Gasteiger partial charge in [0, 0.05) is 37.2 Å². The SMILES string of the molecule is CC(C)c1nc(CCNC(=O)CCNS(C)(=O)=O)cs1. The van der Waals surface area contributed by atoms with Crippen molar-refractivity contribution in [1.29, 1.82) is 0 Å². The largest absolute Gasteiger partial charge is 0.356 e. The van der Waals surface area contributed by atoms with Gasteiger partial charge in [0.25, 0.3) is 0 Å². The van der Waals surface area contributed by atoms with Gasteiger partial charge >= 0.3 is 0 Å². The van der Waals surface area contributed by atoms with Gasteiger partial charge in [0.1, 0.15) is 0 Å². The third-order valence-electron chi connectivity index (χ3n) is 2.48. The van der Waals surface area contributed by atoms with Crippen LogP contribution in [0.25, 0.3) is 0 Å². The van der Waals surface area contributed by atoms with Gasteiger partial charge < -0.3 is 5.32 Å². The summed E-state index contributed by atoms with van der Waals surface area (Å²) in [6.07, 6.45) is 1.90. The predicted octanol–water partition coefficient (Wildman–Crippen LogP) is 0.865. The normalized spacial score (nSPS) is 11.8. The van der Waals surface area contributed by atoms with Crippen molar-refractivity contribution in [3.05, 3.63) is 16.1 Å². The zero-order valence-corrected chi connectivity index (χ0v) is 13.6. The fourth-order valence-electron chi connectivity index (χ4n) is 1.47. The Morgan fingerprint density at radius 1 is 1.40 bits per heavy atom. The van der Waals surface area contributed by atoms with Crippen LogP contribution in [0.5, 0.6) is 0 Å². The van der Waals surface area contributed by atoms with E-state index in [9.17, 15) is 13.2 Å². The first-order valence-electron chi connectivity index (χ1n) is 6.43. The van der Waals surface area contributed by atoms with E-state index in [1.807, 2.05) is 5.38 Å². The molecule has 0 spiro atoms. The fourth-order valence-corrected chi connectivity index (χ4v) is 2.81. The maximum Gasteiger partial charge on any atom is 0.221 e. The molecule has 0 radical (unpaired) electrons. The Labute approximate surface area is 124 Å². The number of amides is 1. The van der Waals surface area contributed by atoms with Crippen molar-refractivity contribution < 1.29 is 13.2 Å². The summed E-state index contributed by atoms with van der Waals surface area (Å²) in [6.45, 7) is 4.83. The van der Waals surface area contributed by atoms with Gasteiger partial charge in [0.2, 0.25) is 15.9 Å². The number of hydrogen-bond acceptors (Lipinski definition) is 5. The number of carbonyl (C=O) groups is 1. The Balaban J connectivity index is 2.21. The highest BCUT2D eigenvalue weighted by Crippen LogP contribution is 2.19. The van der Waals surface area contributed by atoms with Crippen LogP contribution in [0.4, 0.5) is 0 Å². The van der Waals surface area contributed by atoms with Crippen LogP contribution in [-0.4, -0.2) is 38.7 Å². The van der Waals surface area contributed by atoms with E-state index in [0.717, 1.165) is 17.0 Å². The van der Waals surface area contributed by atoms with Gasteiger partial charge in [-0.05, 0) is 0 Å². The maximum atomic E-state index is 11.5. The molecule has 0 saturated carbocycles. The third-order valence-corrected chi connectivity index (χ3v) is 4.41. The van der Waals surface area contributed by atoms with Crippen LogP contribution in [0, 0.1) is 0 Å². The second-order valence-corrected chi connectivity index (χ2v) is 7.57. The molecule has 1 rings (SSSR count). The summed E-state index contributed by atoms with van der Waals surface area (Å²) in [5.41, 5.74) is 0.980.